The normalized spacial score (nSPS) is 11.2. The first-order valence-electron chi connectivity index (χ1n) is 5.69. The van der Waals surface area contributed by atoms with Gasteiger partial charge in [0.2, 0.25) is 0 Å². The highest BCUT2D eigenvalue weighted by Crippen LogP contribution is 2.30. The second-order valence-electron chi connectivity index (χ2n) is 3.86. The maximum absolute atomic E-state index is 9.83. The van der Waals surface area contributed by atoms with Gasteiger partial charge in [-0.15, -0.1) is 10.2 Å². The summed E-state index contributed by atoms with van der Waals surface area (Å²) in [6.07, 6.45) is 2.07. The Kier molecular flexibility index (Phi) is 4.46. The SMILES string of the molecule is CCc1nnc(N/N=C\c2cc(Cl)cc(Br)c2O)n1N. The van der Waals surface area contributed by atoms with Crippen molar-refractivity contribution in [3.05, 3.63) is 33.0 Å². The molecule has 0 aliphatic rings. The molecule has 1 heterocycles. The number of nitrogens with zero attached hydrogens (tertiary/aromatic N) is 4. The van der Waals surface area contributed by atoms with E-state index in [4.69, 9.17) is 17.4 Å². The summed E-state index contributed by atoms with van der Waals surface area (Å²) >= 11 is 9.09. The van der Waals surface area contributed by atoms with Crippen molar-refractivity contribution in [2.45, 2.75) is 13.3 Å². The number of hydrazone groups is 1. The minimum Gasteiger partial charge on any atom is -0.506 e. The molecule has 0 unspecified atom stereocenters. The van der Waals surface area contributed by atoms with Gasteiger partial charge < -0.3 is 10.9 Å². The summed E-state index contributed by atoms with van der Waals surface area (Å²) in [6.45, 7) is 1.92. The Hall–Kier alpha value is -1.80. The maximum Gasteiger partial charge on any atom is 0.263 e. The van der Waals surface area contributed by atoms with Gasteiger partial charge in [-0.2, -0.15) is 5.10 Å². The quantitative estimate of drug-likeness (QED) is 0.441. The van der Waals surface area contributed by atoms with Crippen LogP contribution in [0.5, 0.6) is 5.75 Å². The zero-order chi connectivity index (χ0) is 14.7. The number of hydrogen-bond acceptors (Lipinski definition) is 6. The van der Waals surface area contributed by atoms with E-state index in [1.54, 1.807) is 12.1 Å². The fourth-order valence-electron chi connectivity index (χ4n) is 1.48. The first-order chi connectivity index (χ1) is 9.52. The molecule has 2 rings (SSSR count). The molecule has 0 radical (unpaired) electrons. The largest absolute Gasteiger partial charge is 0.506 e. The van der Waals surface area contributed by atoms with Gasteiger partial charge in [-0.05, 0) is 28.1 Å². The molecule has 4 N–H and O–H groups in total. The molecular weight excluding hydrogens is 348 g/mol. The molecule has 0 fully saturated rings. The van der Waals surface area contributed by atoms with E-state index in [1.165, 1.54) is 10.9 Å². The average Bonchev–Trinajstić information content (AvgIpc) is 2.76. The third-order valence-corrected chi connectivity index (χ3v) is 3.33. The van der Waals surface area contributed by atoms with E-state index < -0.39 is 0 Å². The van der Waals surface area contributed by atoms with Crippen molar-refractivity contribution in [1.82, 2.24) is 14.9 Å². The first kappa shape index (κ1) is 14.6. The second-order valence-corrected chi connectivity index (χ2v) is 5.15. The van der Waals surface area contributed by atoms with E-state index >= 15 is 0 Å². The number of aromatic nitrogens is 3. The highest BCUT2D eigenvalue weighted by molar-refractivity contribution is 9.10. The van der Waals surface area contributed by atoms with Crippen molar-refractivity contribution in [3.63, 3.8) is 0 Å². The number of nitrogens with one attached hydrogen (secondary N) is 1. The van der Waals surface area contributed by atoms with Crippen molar-refractivity contribution in [2.75, 3.05) is 11.3 Å². The van der Waals surface area contributed by atoms with Gasteiger partial charge in [0.05, 0.1) is 10.7 Å². The van der Waals surface area contributed by atoms with Gasteiger partial charge in [-0.3, -0.25) is 0 Å². The molecule has 0 spiro atoms. The zero-order valence-electron chi connectivity index (χ0n) is 10.5. The number of phenols is 1. The van der Waals surface area contributed by atoms with Gasteiger partial charge in [0.25, 0.3) is 5.95 Å². The van der Waals surface area contributed by atoms with Gasteiger partial charge in [0.15, 0.2) is 5.82 Å². The van der Waals surface area contributed by atoms with Crippen molar-refractivity contribution >= 4 is 39.7 Å². The molecule has 1 aromatic carbocycles. The van der Waals surface area contributed by atoms with Crippen LogP contribution in [-0.2, 0) is 6.42 Å². The van der Waals surface area contributed by atoms with E-state index in [9.17, 15) is 5.11 Å². The van der Waals surface area contributed by atoms with Crippen molar-refractivity contribution in [2.24, 2.45) is 5.10 Å². The van der Waals surface area contributed by atoms with Crippen molar-refractivity contribution in [1.29, 1.82) is 0 Å². The molecule has 0 aliphatic heterocycles. The van der Waals surface area contributed by atoms with Crippen molar-refractivity contribution < 1.29 is 5.11 Å². The topological polar surface area (TPSA) is 101 Å². The fraction of sp³-hybridized carbons (Fsp3) is 0.182. The predicted molar refractivity (Wildman–Crippen MR) is 81.6 cm³/mol. The molecule has 0 amide bonds. The van der Waals surface area contributed by atoms with Crippen LogP contribution in [0.1, 0.15) is 18.3 Å². The molecule has 7 nitrogen and oxygen atoms in total. The van der Waals surface area contributed by atoms with E-state index in [0.29, 0.717) is 33.3 Å². The maximum atomic E-state index is 9.83. The minimum absolute atomic E-state index is 0.0448. The minimum atomic E-state index is 0.0448. The number of anilines is 1. The van der Waals surface area contributed by atoms with Crippen LogP contribution < -0.4 is 11.3 Å². The lowest BCUT2D eigenvalue weighted by molar-refractivity contribution is 0.471. The lowest BCUT2D eigenvalue weighted by atomic mass is 10.2. The van der Waals surface area contributed by atoms with E-state index in [-0.39, 0.29) is 5.75 Å². The van der Waals surface area contributed by atoms with E-state index in [1.807, 2.05) is 6.92 Å². The summed E-state index contributed by atoms with van der Waals surface area (Å²) < 4.78 is 1.80. The third-order valence-electron chi connectivity index (χ3n) is 2.51. The summed E-state index contributed by atoms with van der Waals surface area (Å²) in [5, 5.41) is 22.0. The Bertz CT molecular complexity index is 657. The Morgan fingerprint density at radius 1 is 1.55 bits per heavy atom. The number of phenolic OH excluding ortho intramolecular Hbond substituents is 1. The van der Waals surface area contributed by atoms with Gasteiger partial charge >= 0.3 is 0 Å². The molecule has 0 atom stereocenters. The molecule has 0 aliphatic carbocycles. The van der Waals surface area contributed by atoms with Crippen LogP contribution >= 0.6 is 27.5 Å². The highest BCUT2D eigenvalue weighted by Gasteiger charge is 2.07. The number of nitrogens with two attached hydrogens (primary N) is 1. The van der Waals surface area contributed by atoms with Crippen LogP contribution in [0.3, 0.4) is 0 Å². The molecule has 0 saturated heterocycles. The standard InChI is InChI=1S/C11H12BrClN6O/c1-2-9-16-18-11(19(9)14)17-15-5-6-3-7(13)4-8(12)10(6)20/h3-5,20H,2,14H2,1H3,(H,17,18)/b15-5-. The number of rotatable bonds is 4. The Labute approximate surface area is 128 Å². The lowest BCUT2D eigenvalue weighted by Gasteiger charge is -2.03. The summed E-state index contributed by atoms with van der Waals surface area (Å²) in [5.74, 6) is 6.73. The molecule has 0 bridgehead atoms. The Morgan fingerprint density at radius 2 is 2.30 bits per heavy atom. The third kappa shape index (κ3) is 3.02. The number of aromatic hydroxyl groups is 1. The van der Waals surface area contributed by atoms with Gasteiger partial charge in [-0.1, -0.05) is 18.5 Å². The van der Waals surface area contributed by atoms with Gasteiger partial charge in [0, 0.05) is 17.0 Å². The summed E-state index contributed by atoms with van der Waals surface area (Å²) in [5.41, 5.74) is 3.10. The Morgan fingerprint density at radius 3 is 2.95 bits per heavy atom. The van der Waals surface area contributed by atoms with Crippen LogP contribution in [0.15, 0.2) is 21.7 Å². The zero-order valence-corrected chi connectivity index (χ0v) is 12.9. The fourth-order valence-corrected chi connectivity index (χ4v) is 2.32. The van der Waals surface area contributed by atoms with E-state index in [0.717, 1.165) is 0 Å². The Balaban J connectivity index is 2.16. The number of benzene rings is 1. The summed E-state index contributed by atoms with van der Waals surface area (Å²) in [4.78, 5) is 0. The van der Waals surface area contributed by atoms with Crippen LogP contribution in [0, 0.1) is 0 Å². The van der Waals surface area contributed by atoms with Crippen LogP contribution in [0.2, 0.25) is 5.02 Å². The van der Waals surface area contributed by atoms with Crippen LogP contribution in [0.4, 0.5) is 5.95 Å². The first-order valence-corrected chi connectivity index (χ1v) is 6.86. The van der Waals surface area contributed by atoms with E-state index in [2.05, 4.69) is 36.7 Å². The average molecular weight is 360 g/mol. The molecular formula is C11H12BrClN6O. The number of aryl methyl sites for hydroxylation is 1. The summed E-state index contributed by atoms with van der Waals surface area (Å²) in [7, 11) is 0. The van der Waals surface area contributed by atoms with Crippen molar-refractivity contribution in [3.8, 4) is 5.75 Å². The molecule has 1 aromatic heterocycles. The smallest absolute Gasteiger partial charge is 0.263 e. The number of halogens is 2. The van der Waals surface area contributed by atoms with Gasteiger partial charge in [-0.25, -0.2) is 10.1 Å². The predicted octanol–water partition coefficient (Wildman–Crippen LogP) is 2.12. The molecule has 0 saturated carbocycles. The number of hydrogen-bond donors (Lipinski definition) is 3. The highest BCUT2D eigenvalue weighted by atomic mass is 79.9. The number of nitrogen functional groups attached to an aromatic ring is 1. The molecule has 2 aromatic rings. The molecule has 9 heteroatoms. The van der Waals surface area contributed by atoms with Gasteiger partial charge in [0.1, 0.15) is 5.75 Å². The summed E-state index contributed by atoms with van der Waals surface area (Å²) in [6, 6.07) is 3.17. The molecule has 106 valence electrons. The monoisotopic (exact) mass is 358 g/mol. The second kappa shape index (κ2) is 6.10. The molecule has 20 heavy (non-hydrogen) atoms. The lowest BCUT2D eigenvalue weighted by Crippen LogP contribution is -2.14. The van der Waals surface area contributed by atoms with Crippen LogP contribution in [-0.4, -0.2) is 26.2 Å². The van der Waals surface area contributed by atoms with Crippen LogP contribution in [0.25, 0.3) is 0 Å².